The Hall–Kier alpha value is -1.40. The normalized spacial score (nSPS) is 15.6. The van der Waals surface area contributed by atoms with Crippen LogP contribution in [0.3, 0.4) is 0 Å². The van der Waals surface area contributed by atoms with Crippen molar-refractivity contribution in [2.75, 3.05) is 6.54 Å². The Balaban J connectivity index is 2.33. The van der Waals surface area contributed by atoms with Gasteiger partial charge >= 0.3 is 11.8 Å². The standard InChI is InChI=1S/C11H8Cl2F2N2O2/c12-6-1-2-8(13)7(5-6)11(14,15)10(19)17-4-3-9(18)16-17/h1-2,5H,3-4H2,(H,16,18). The number of hydrogen-bond donors (Lipinski definition) is 1. The van der Waals surface area contributed by atoms with Crippen LogP contribution < -0.4 is 5.43 Å². The maximum atomic E-state index is 14.1. The summed E-state index contributed by atoms with van der Waals surface area (Å²) in [5, 5.41) is 0.352. The molecule has 4 nitrogen and oxygen atoms in total. The van der Waals surface area contributed by atoms with Crippen LogP contribution in [-0.2, 0) is 15.5 Å². The van der Waals surface area contributed by atoms with Gasteiger partial charge in [-0.1, -0.05) is 23.2 Å². The second-order valence-electron chi connectivity index (χ2n) is 3.94. The van der Waals surface area contributed by atoms with Gasteiger partial charge < -0.3 is 0 Å². The maximum absolute atomic E-state index is 14.1. The molecule has 1 aromatic carbocycles. The molecule has 1 N–H and O–H groups in total. The van der Waals surface area contributed by atoms with E-state index in [1.807, 2.05) is 0 Å². The van der Waals surface area contributed by atoms with Crippen molar-refractivity contribution < 1.29 is 18.4 Å². The van der Waals surface area contributed by atoms with Crippen LogP contribution in [0.5, 0.6) is 0 Å². The lowest BCUT2D eigenvalue weighted by molar-refractivity contribution is -0.161. The first-order chi connectivity index (χ1) is 8.82. The van der Waals surface area contributed by atoms with Gasteiger partial charge in [0, 0.05) is 11.4 Å². The zero-order chi connectivity index (χ0) is 14.2. The lowest BCUT2D eigenvalue weighted by atomic mass is 10.1. The topological polar surface area (TPSA) is 49.4 Å². The van der Waals surface area contributed by atoms with Crippen LogP contribution in [-0.4, -0.2) is 23.4 Å². The van der Waals surface area contributed by atoms with Crippen LogP contribution in [0.25, 0.3) is 0 Å². The van der Waals surface area contributed by atoms with Gasteiger partial charge in [0.2, 0.25) is 5.91 Å². The number of halogens is 4. The second-order valence-corrected chi connectivity index (χ2v) is 4.78. The Bertz CT molecular complexity index is 551. The van der Waals surface area contributed by atoms with Gasteiger partial charge in [-0.05, 0) is 18.2 Å². The summed E-state index contributed by atoms with van der Waals surface area (Å²) in [5.41, 5.74) is 1.37. The Labute approximate surface area is 117 Å². The third kappa shape index (κ3) is 2.64. The molecule has 2 amide bonds. The van der Waals surface area contributed by atoms with E-state index in [9.17, 15) is 18.4 Å². The van der Waals surface area contributed by atoms with E-state index in [1.54, 1.807) is 0 Å². The Kier molecular flexibility index (Phi) is 3.64. The summed E-state index contributed by atoms with van der Waals surface area (Å²) in [5.74, 6) is -5.89. The molecular weight excluding hydrogens is 301 g/mol. The lowest BCUT2D eigenvalue weighted by Gasteiger charge is -2.23. The van der Waals surface area contributed by atoms with Crippen LogP contribution in [0.2, 0.25) is 10.0 Å². The van der Waals surface area contributed by atoms with Gasteiger partial charge in [0.15, 0.2) is 0 Å². The smallest absolute Gasteiger partial charge is 0.273 e. The Morgan fingerprint density at radius 1 is 1.37 bits per heavy atom. The molecular formula is C11H8Cl2F2N2O2. The molecule has 19 heavy (non-hydrogen) atoms. The molecule has 2 rings (SSSR count). The molecule has 1 heterocycles. The number of alkyl halides is 2. The van der Waals surface area contributed by atoms with Crippen LogP contribution in [0, 0.1) is 0 Å². The van der Waals surface area contributed by atoms with E-state index in [4.69, 9.17) is 23.2 Å². The zero-order valence-electron chi connectivity index (χ0n) is 9.42. The Morgan fingerprint density at radius 3 is 2.63 bits per heavy atom. The van der Waals surface area contributed by atoms with Gasteiger partial charge in [-0.15, -0.1) is 0 Å². The number of benzene rings is 1. The van der Waals surface area contributed by atoms with Gasteiger partial charge in [0.1, 0.15) is 0 Å². The molecule has 8 heteroatoms. The first-order valence-corrected chi connectivity index (χ1v) is 6.03. The molecule has 0 bridgehead atoms. The van der Waals surface area contributed by atoms with E-state index < -0.39 is 23.3 Å². The van der Waals surface area contributed by atoms with Crippen molar-refractivity contribution in [1.29, 1.82) is 0 Å². The number of amides is 2. The highest BCUT2D eigenvalue weighted by Crippen LogP contribution is 2.36. The van der Waals surface area contributed by atoms with Gasteiger partial charge in [0.25, 0.3) is 0 Å². The molecule has 1 saturated heterocycles. The van der Waals surface area contributed by atoms with Gasteiger partial charge in [-0.3, -0.25) is 15.0 Å². The zero-order valence-corrected chi connectivity index (χ0v) is 10.9. The van der Waals surface area contributed by atoms with Crippen molar-refractivity contribution in [3.63, 3.8) is 0 Å². The molecule has 102 valence electrons. The van der Waals surface area contributed by atoms with Gasteiger partial charge in [-0.25, -0.2) is 5.01 Å². The van der Waals surface area contributed by atoms with Gasteiger partial charge in [0.05, 0.1) is 17.1 Å². The van der Waals surface area contributed by atoms with E-state index in [-0.39, 0.29) is 23.0 Å². The molecule has 1 aromatic rings. The number of hydrogen-bond acceptors (Lipinski definition) is 2. The average molecular weight is 309 g/mol. The third-order valence-corrected chi connectivity index (χ3v) is 3.17. The first kappa shape index (κ1) is 14.0. The van der Waals surface area contributed by atoms with Crippen LogP contribution in [0.4, 0.5) is 8.78 Å². The van der Waals surface area contributed by atoms with Gasteiger partial charge in [-0.2, -0.15) is 8.78 Å². The van der Waals surface area contributed by atoms with E-state index in [1.165, 1.54) is 12.1 Å². The SMILES string of the molecule is O=C1CCN(C(=O)C(F)(F)c2cc(Cl)ccc2Cl)N1. The molecule has 1 fully saturated rings. The predicted molar refractivity (Wildman–Crippen MR) is 64.8 cm³/mol. The Morgan fingerprint density at radius 2 is 2.05 bits per heavy atom. The fraction of sp³-hybridized carbons (Fsp3) is 0.273. The molecule has 0 atom stereocenters. The molecule has 0 aromatic heterocycles. The molecule has 0 radical (unpaired) electrons. The van der Waals surface area contributed by atoms with Crippen molar-refractivity contribution in [3.05, 3.63) is 33.8 Å². The van der Waals surface area contributed by atoms with Crippen LogP contribution >= 0.6 is 23.2 Å². The summed E-state index contributed by atoms with van der Waals surface area (Å²) in [6.07, 6.45) is -0.00883. The van der Waals surface area contributed by atoms with Crippen molar-refractivity contribution in [2.45, 2.75) is 12.3 Å². The average Bonchev–Trinajstić information content (AvgIpc) is 2.77. The first-order valence-electron chi connectivity index (χ1n) is 5.27. The molecule has 0 aliphatic carbocycles. The number of rotatable bonds is 2. The fourth-order valence-corrected chi connectivity index (χ4v) is 2.06. The van der Waals surface area contributed by atoms with Crippen LogP contribution in [0.15, 0.2) is 18.2 Å². The minimum atomic E-state index is -3.86. The minimum Gasteiger partial charge on any atom is -0.273 e. The molecule has 0 saturated carbocycles. The summed E-state index contributed by atoms with van der Waals surface area (Å²) >= 11 is 11.3. The van der Waals surface area contributed by atoms with Crippen molar-refractivity contribution in [1.82, 2.24) is 10.4 Å². The summed E-state index contributed by atoms with van der Waals surface area (Å²) in [7, 11) is 0. The quantitative estimate of drug-likeness (QED) is 0.911. The predicted octanol–water partition coefficient (Wildman–Crippen LogP) is 2.35. The van der Waals surface area contributed by atoms with Crippen molar-refractivity contribution in [3.8, 4) is 0 Å². The fourth-order valence-electron chi connectivity index (χ4n) is 1.65. The summed E-state index contributed by atoms with van der Waals surface area (Å²) < 4.78 is 28.2. The number of nitrogens with zero attached hydrogens (tertiary/aromatic N) is 1. The summed E-state index contributed by atoms with van der Waals surface area (Å²) in [4.78, 5) is 22.7. The summed E-state index contributed by atoms with van der Waals surface area (Å²) in [6.45, 7) is -0.106. The molecule has 1 aliphatic heterocycles. The van der Waals surface area contributed by atoms with E-state index >= 15 is 0 Å². The van der Waals surface area contributed by atoms with E-state index in [2.05, 4.69) is 5.43 Å². The number of nitrogens with one attached hydrogen (secondary N) is 1. The van der Waals surface area contributed by atoms with Crippen LogP contribution in [0.1, 0.15) is 12.0 Å². The highest BCUT2D eigenvalue weighted by Gasteiger charge is 2.47. The third-order valence-electron chi connectivity index (χ3n) is 2.60. The largest absolute Gasteiger partial charge is 0.353 e. The van der Waals surface area contributed by atoms with E-state index in [0.29, 0.717) is 5.01 Å². The summed E-state index contributed by atoms with van der Waals surface area (Å²) in [6, 6.07) is 3.45. The molecule has 0 unspecified atom stereocenters. The minimum absolute atomic E-state index is 0.00883. The number of carbonyl (C=O) groups is 2. The van der Waals surface area contributed by atoms with Crippen molar-refractivity contribution >= 4 is 35.0 Å². The lowest BCUT2D eigenvalue weighted by Crippen LogP contribution is -2.46. The monoisotopic (exact) mass is 308 g/mol. The highest BCUT2D eigenvalue weighted by molar-refractivity contribution is 6.33. The highest BCUT2D eigenvalue weighted by atomic mass is 35.5. The second kappa shape index (κ2) is 4.94. The number of hydrazine groups is 1. The van der Waals surface area contributed by atoms with E-state index in [0.717, 1.165) is 6.07 Å². The molecule has 0 spiro atoms. The maximum Gasteiger partial charge on any atom is 0.353 e. The van der Waals surface area contributed by atoms with Crippen molar-refractivity contribution in [2.24, 2.45) is 0 Å². The number of carbonyl (C=O) groups excluding carboxylic acids is 2. The molecule has 1 aliphatic rings.